The van der Waals surface area contributed by atoms with Crippen molar-refractivity contribution in [2.45, 2.75) is 77.9 Å². The van der Waals surface area contributed by atoms with Gasteiger partial charge in [0.2, 0.25) is 5.91 Å². The summed E-state index contributed by atoms with van der Waals surface area (Å²) in [6.45, 7) is 4.13. The van der Waals surface area contributed by atoms with Gasteiger partial charge in [0.25, 0.3) is 0 Å². The second-order valence-electron chi connectivity index (χ2n) is 8.63. The van der Waals surface area contributed by atoms with Gasteiger partial charge in [-0.05, 0) is 44.2 Å². The fourth-order valence-electron chi connectivity index (χ4n) is 4.30. The number of carbonyl (C=O) groups is 3. The largest absolute Gasteiger partial charge is 0.481 e. The van der Waals surface area contributed by atoms with Crippen molar-refractivity contribution in [2.24, 2.45) is 11.3 Å². The highest BCUT2D eigenvalue weighted by atomic mass is 16.5. The van der Waals surface area contributed by atoms with Gasteiger partial charge in [0, 0.05) is 6.20 Å². The SMILES string of the molecule is CCCC(CC1(C(=O)NC(COCc2ccc(C)cn2)CC(=O)O)CCCC1)C(=O)O. The molecule has 0 saturated heterocycles. The smallest absolute Gasteiger partial charge is 0.306 e. The van der Waals surface area contributed by atoms with E-state index >= 15 is 0 Å². The number of carboxylic acids is 2. The number of carboxylic acid groups (broad SMARTS) is 2. The summed E-state index contributed by atoms with van der Waals surface area (Å²) in [5.74, 6) is -2.74. The van der Waals surface area contributed by atoms with E-state index in [2.05, 4.69) is 10.3 Å². The topological polar surface area (TPSA) is 126 Å². The van der Waals surface area contributed by atoms with Gasteiger partial charge in [-0.2, -0.15) is 0 Å². The van der Waals surface area contributed by atoms with Crippen molar-refractivity contribution >= 4 is 17.8 Å². The molecule has 1 fully saturated rings. The van der Waals surface area contributed by atoms with Crippen molar-refractivity contribution < 1.29 is 29.3 Å². The molecule has 8 nitrogen and oxygen atoms in total. The lowest BCUT2D eigenvalue weighted by molar-refractivity contribution is -0.144. The third-order valence-corrected chi connectivity index (χ3v) is 5.96. The van der Waals surface area contributed by atoms with E-state index in [1.54, 1.807) is 6.20 Å². The first-order chi connectivity index (χ1) is 14.8. The van der Waals surface area contributed by atoms with Crippen molar-refractivity contribution in [1.82, 2.24) is 10.3 Å². The first kappa shape index (κ1) is 24.8. The number of aryl methyl sites for hydroxylation is 1. The molecule has 1 aromatic rings. The van der Waals surface area contributed by atoms with Crippen LogP contribution in [0.3, 0.4) is 0 Å². The highest BCUT2D eigenvalue weighted by Gasteiger charge is 2.44. The van der Waals surface area contributed by atoms with E-state index in [1.807, 2.05) is 26.0 Å². The van der Waals surface area contributed by atoms with Crippen LogP contribution in [0.2, 0.25) is 0 Å². The van der Waals surface area contributed by atoms with Crippen LogP contribution in [-0.4, -0.2) is 45.7 Å². The maximum absolute atomic E-state index is 13.2. The summed E-state index contributed by atoms with van der Waals surface area (Å²) in [5.41, 5.74) is 1.000. The second-order valence-corrected chi connectivity index (χ2v) is 8.63. The van der Waals surface area contributed by atoms with Crippen LogP contribution < -0.4 is 5.32 Å². The van der Waals surface area contributed by atoms with E-state index in [-0.39, 0.29) is 32.0 Å². The average Bonchev–Trinajstić information content (AvgIpc) is 3.18. The summed E-state index contributed by atoms with van der Waals surface area (Å²) in [4.78, 5) is 40.5. The number of carbonyl (C=O) groups excluding carboxylic acids is 1. The number of ether oxygens (including phenoxy) is 1. The highest BCUT2D eigenvalue weighted by Crippen LogP contribution is 2.44. The number of aliphatic carboxylic acids is 2. The Hall–Kier alpha value is -2.48. The molecular weight excluding hydrogens is 400 g/mol. The van der Waals surface area contributed by atoms with Gasteiger partial charge in [-0.1, -0.05) is 32.3 Å². The molecule has 2 rings (SSSR count). The van der Waals surface area contributed by atoms with Crippen LogP contribution in [0.4, 0.5) is 0 Å². The first-order valence-electron chi connectivity index (χ1n) is 11.0. The third-order valence-electron chi connectivity index (χ3n) is 5.96. The van der Waals surface area contributed by atoms with Crippen LogP contribution in [0.5, 0.6) is 0 Å². The molecule has 1 aliphatic rings. The molecule has 1 heterocycles. The molecule has 0 bridgehead atoms. The lowest BCUT2D eigenvalue weighted by Gasteiger charge is -2.32. The fourth-order valence-corrected chi connectivity index (χ4v) is 4.30. The molecule has 0 radical (unpaired) electrons. The lowest BCUT2D eigenvalue weighted by Crippen LogP contribution is -2.48. The van der Waals surface area contributed by atoms with Crippen molar-refractivity contribution in [3.05, 3.63) is 29.6 Å². The zero-order chi connectivity index (χ0) is 22.9. The Morgan fingerprint density at radius 3 is 2.48 bits per heavy atom. The molecule has 1 aromatic heterocycles. The van der Waals surface area contributed by atoms with Gasteiger partial charge < -0.3 is 20.3 Å². The summed E-state index contributed by atoms with van der Waals surface area (Å²) < 4.78 is 5.64. The van der Waals surface area contributed by atoms with Crippen LogP contribution in [0.25, 0.3) is 0 Å². The van der Waals surface area contributed by atoms with Crippen molar-refractivity contribution in [2.75, 3.05) is 6.61 Å². The number of hydrogen-bond acceptors (Lipinski definition) is 5. The number of nitrogens with one attached hydrogen (secondary N) is 1. The van der Waals surface area contributed by atoms with Gasteiger partial charge in [0.1, 0.15) is 0 Å². The molecule has 0 spiro atoms. The van der Waals surface area contributed by atoms with E-state index in [1.165, 1.54) is 0 Å². The first-order valence-corrected chi connectivity index (χ1v) is 11.0. The molecule has 3 N–H and O–H groups in total. The number of nitrogens with zero attached hydrogens (tertiary/aromatic N) is 1. The van der Waals surface area contributed by atoms with Crippen molar-refractivity contribution in [3.63, 3.8) is 0 Å². The van der Waals surface area contributed by atoms with Crippen molar-refractivity contribution in [1.29, 1.82) is 0 Å². The quantitative estimate of drug-likeness (QED) is 0.435. The molecule has 1 aliphatic carbocycles. The monoisotopic (exact) mass is 434 g/mol. The molecule has 0 aromatic carbocycles. The molecular formula is C23H34N2O6. The van der Waals surface area contributed by atoms with Crippen molar-refractivity contribution in [3.8, 4) is 0 Å². The minimum atomic E-state index is -1.03. The van der Waals surface area contributed by atoms with E-state index in [0.717, 1.165) is 30.5 Å². The molecule has 1 saturated carbocycles. The van der Waals surface area contributed by atoms with Crippen LogP contribution >= 0.6 is 0 Å². The third kappa shape index (κ3) is 7.61. The van der Waals surface area contributed by atoms with Gasteiger partial charge in [0.15, 0.2) is 0 Å². The summed E-state index contributed by atoms with van der Waals surface area (Å²) >= 11 is 0. The van der Waals surface area contributed by atoms with E-state index in [0.29, 0.717) is 19.3 Å². The normalized spacial score (nSPS) is 17.1. The van der Waals surface area contributed by atoms with Crippen LogP contribution in [-0.2, 0) is 25.7 Å². The lowest BCUT2D eigenvalue weighted by atomic mass is 9.75. The van der Waals surface area contributed by atoms with E-state index < -0.39 is 29.3 Å². The number of rotatable bonds is 13. The Balaban J connectivity index is 2.02. The number of amides is 1. The molecule has 172 valence electrons. The summed E-state index contributed by atoms with van der Waals surface area (Å²) in [7, 11) is 0. The van der Waals surface area contributed by atoms with Gasteiger partial charge in [-0.3, -0.25) is 19.4 Å². The molecule has 31 heavy (non-hydrogen) atoms. The summed E-state index contributed by atoms with van der Waals surface area (Å²) in [5, 5.41) is 21.7. The standard InChI is InChI=1S/C23H34N2O6/c1-3-6-17(21(28)29)12-23(9-4-5-10-23)22(30)25-19(11-20(26)27)15-31-14-18-8-7-16(2)13-24-18/h7-8,13,17,19H,3-6,9-12,14-15H2,1-2H3,(H,25,30)(H,26,27)(H,28,29). The Kier molecular flexibility index (Phi) is 9.43. The minimum Gasteiger partial charge on any atom is -0.481 e. The molecule has 1 amide bonds. The van der Waals surface area contributed by atoms with E-state index in [4.69, 9.17) is 4.74 Å². The molecule has 2 unspecified atom stereocenters. The maximum atomic E-state index is 13.2. The zero-order valence-corrected chi connectivity index (χ0v) is 18.4. The van der Waals surface area contributed by atoms with Gasteiger partial charge >= 0.3 is 11.9 Å². The fraction of sp³-hybridized carbons (Fsp3) is 0.652. The molecule has 0 aliphatic heterocycles. The Labute approximate surface area is 183 Å². The summed E-state index contributed by atoms with van der Waals surface area (Å²) in [6, 6.07) is 3.07. The number of pyridine rings is 1. The predicted octanol–water partition coefficient (Wildman–Crippen LogP) is 3.32. The zero-order valence-electron chi connectivity index (χ0n) is 18.4. The van der Waals surface area contributed by atoms with Crippen LogP contribution in [0, 0.1) is 18.3 Å². The van der Waals surface area contributed by atoms with E-state index in [9.17, 15) is 24.6 Å². The van der Waals surface area contributed by atoms with Gasteiger partial charge in [-0.15, -0.1) is 0 Å². The Bertz CT molecular complexity index is 743. The van der Waals surface area contributed by atoms with Crippen LogP contribution in [0.15, 0.2) is 18.3 Å². The highest BCUT2D eigenvalue weighted by molar-refractivity contribution is 5.84. The predicted molar refractivity (Wildman–Crippen MR) is 114 cm³/mol. The summed E-state index contributed by atoms with van der Waals surface area (Å²) in [6.07, 6.45) is 5.99. The van der Waals surface area contributed by atoms with Gasteiger partial charge in [-0.25, -0.2) is 0 Å². The second kappa shape index (κ2) is 11.8. The Morgan fingerprint density at radius 1 is 1.23 bits per heavy atom. The number of hydrogen-bond donors (Lipinski definition) is 3. The Morgan fingerprint density at radius 2 is 1.94 bits per heavy atom. The maximum Gasteiger partial charge on any atom is 0.306 e. The minimum absolute atomic E-state index is 0.0427. The average molecular weight is 435 g/mol. The molecule has 2 atom stereocenters. The number of aromatic nitrogens is 1. The van der Waals surface area contributed by atoms with Gasteiger partial charge in [0.05, 0.1) is 42.7 Å². The van der Waals surface area contributed by atoms with Crippen LogP contribution in [0.1, 0.15) is 69.5 Å². The molecule has 8 heteroatoms.